The lowest BCUT2D eigenvalue weighted by Gasteiger charge is -2.21. The van der Waals surface area contributed by atoms with Gasteiger partial charge in [0.15, 0.2) is 0 Å². The zero-order valence-electron chi connectivity index (χ0n) is 13.4. The summed E-state index contributed by atoms with van der Waals surface area (Å²) in [6.45, 7) is 1.03. The quantitative estimate of drug-likeness (QED) is 0.919. The third-order valence-electron chi connectivity index (χ3n) is 4.22. The van der Waals surface area contributed by atoms with Crippen molar-refractivity contribution in [3.8, 4) is 5.75 Å². The number of urea groups is 1. The molecule has 0 aliphatic heterocycles. The van der Waals surface area contributed by atoms with Crippen LogP contribution in [0.15, 0.2) is 54.6 Å². The van der Waals surface area contributed by atoms with Gasteiger partial charge in [-0.25, -0.2) is 4.79 Å². The zero-order chi connectivity index (χ0) is 16.1. The number of para-hydroxylation sites is 1. The first-order valence-corrected chi connectivity index (χ1v) is 8.01. The summed E-state index contributed by atoms with van der Waals surface area (Å²) in [5, 5.41) is 3.11. The molecule has 0 fully saturated rings. The van der Waals surface area contributed by atoms with Crippen molar-refractivity contribution >= 4 is 6.03 Å². The van der Waals surface area contributed by atoms with Crippen LogP contribution in [0.2, 0.25) is 0 Å². The maximum atomic E-state index is 12.3. The minimum Gasteiger partial charge on any atom is -0.492 e. The van der Waals surface area contributed by atoms with Crippen LogP contribution in [0.25, 0.3) is 0 Å². The molecular weight excluding hydrogens is 288 g/mol. The molecule has 2 aromatic carbocycles. The summed E-state index contributed by atoms with van der Waals surface area (Å²) in [6, 6.07) is 18.0. The van der Waals surface area contributed by atoms with Crippen LogP contribution in [-0.4, -0.2) is 31.1 Å². The van der Waals surface area contributed by atoms with Crippen LogP contribution in [0.1, 0.15) is 23.6 Å². The first-order valence-electron chi connectivity index (χ1n) is 8.01. The molecule has 1 unspecified atom stereocenters. The Bertz CT molecular complexity index is 657. The van der Waals surface area contributed by atoms with E-state index in [9.17, 15) is 4.79 Å². The monoisotopic (exact) mass is 310 g/mol. The highest BCUT2D eigenvalue weighted by Gasteiger charge is 2.24. The fourth-order valence-corrected chi connectivity index (χ4v) is 2.89. The summed E-state index contributed by atoms with van der Waals surface area (Å²) in [6.07, 6.45) is 2.00. The number of carbonyl (C=O) groups excluding carboxylic acids is 1. The number of likely N-dealkylation sites (N-methyl/N-ethyl adjacent to an activating group) is 1. The van der Waals surface area contributed by atoms with Crippen LogP contribution in [-0.2, 0) is 6.42 Å². The third-order valence-corrected chi connectivity index (χ3v) is 4.22. The van der Waals surface area contributed by atoms with E-state index in [4.69, 9.17) is 4.74 Å². The number of hydrogen-bond donors (Lipinski definition) is 1. The van der Waals surface area contributed by atoms with Crippen molar-refractivity contribution in [2.45, 2.75) is 18.9 Å². The molecule has 0 heterocycles. The van der Waals surface area contributed by atoms with E-state index in [1.165, 1.54) is 11.1 Å². The highest BCUT2D eigenvalue weighted by atomic mass is 16.5. The molecule has 4 nitrogen and oxygen atoms in total. The van der Waals surface area contributed by atoms with E-state index in [0.29, 0.717) is 13.2 Å². The maximum Gasteiger partial charge on any atom is 0.317 e. The van der Waals surface area contributed by atoms with Gasteiger partial charge in [0.2, 0.25) is 0 Å². The molecule has 23 heavy (non-hydrogen) atoms. The Morgan fingerprint density at radius 3 is 2.74 bits per heavy atom. The lowest BCUT2D eigenvalue weighted by Crippen LogP contribution is -2.40. The van der Waals surface area contributed by atoms with Gasteiger partial charge in [0.25, 0.3) is 0 Å². The van der Waals surface area contributed by atoms with Crippen LogP contribution in [0.3, 0.4) is 0 Å². The molecule has 1 aliphatic rings. The Morgan fingerprint density at radius 1 is 1.17 bits per heavy atom. The van der Waals surface area contributed by atoms with Gasteiger partial charge in [-0.05, 0) is 36.1 Å². The van der Waals surface area contributed by atoms with Crippen molar-refractivity contribution in [1.29, 1.82) is 0 Å². The molecule has 120 valence electrons. The van der Waals surface area contributed by atoms with Gasteiger partial charge in [-0.1, -0.05) is 42.5 Å². The van der Waals surface area contributed by atoms with Gasteiger partial charge < -0.3 is 15.0 Å². The molecule has 1 atom stereocenters. The van der Waals surface area contributed by atoms with Crippen molar-refractivity contribution in [2.24, 2.45) is 0 Å². The number of ether oxygens (including phenoxy) is 1. The molecule has 2 aromatic rings. The number of nitrogens with zero attached hydrogens (tertiary/aromatic N) is 1. The second kappa shape index (κ2) is 7.18. The lowest BCUT2D eigenvalue weighted by molar-refractivity contribution is 0.191. The van der Waals surface area contributed by atoms with Gasteiger partial charge in [-0.3, -0.25) is 0 Å². The van der Waals surface area contributed by atoms with Crippen LogP contribution >= 0.6 is 0 Å². The normalized spacial score (nSPS) is 15.8. The van der Waals surface area contributed by atoms with Crippen LogP contribution in [0, 0.1) is 0 Å². The molecule has 0 saturated carbocycles. The van der Waals surface area contributed by atoms with Crippen molar-refractivity contribution in [3.05, 3.63) is 65.7 Å². The SMILES string of the molecule is CN(CCOc1ccccc1)C(=O)NC1CCc2ccccc21. The van der Waals surface area contributed by atoms with Crippen LogP contribution < -0.4 is 10.1 Å². The van der Waals surface area contributed by atoms with E-state index < -0.39 is 0 Å². The minimum absolute atomic E-state index is 0.0524. The van der Waals surface area contributed by atoms with E-state index in [-0.39, 0.29) is 12.1 Å². The number of carbonyl (C=O) groups is 1. The number of nitrogens with one attached hydrogen (secondary N) is 1. The van der Waals surface area contributed by atoms with Crippen molar-refractivity contribution in [1.82, 2.24) is 10.2 Å². The Morgan fingerprint density at radius 2 is 1.91 bits per heavy atom. The summed E-state index contributed by atoms with van der Waals surface area (Å²) in [5.74, 6) is 0.825. The minimum atomic E-state index is -0.0524. The lowest BCUT2D eigenvalue weighted by atomic mass is 10.1. The Labute approximate surface area is 137 Å². The fourth-order valence-electron chi connectivity index (χ4n) is 2.89. The molecule has 0 aromatic heterocycles. The van der Waals surface area contributed by atoms with Crippen molar-refractivity contribution in [3.63, 3.8) is 0 Å². The molecule has 0 spiro atoms. The second-order valence-corrected chi connectivity index (χ2v) is 5.82. The Balaban J connectivity index is 1.47. The Kier molecular flexibility index (Phi) is 4.81. The van der Waals surface area contributed by atoms with E-state index in [2.05, 4.69) is 23.5 Å². The number of rotatable bonds is 5. The average Bonchev–Trinajstić information content (AvgIpc) is 2.99. The summed E-state index contributed by atoms with van der Waals surface area (Å²) >= 11 is 0. The van der Waals surface area contributed by atoms with Gasteiger partial charge in [0.05, 0.1) is 12.6 Å². The largest absolute Gasteiger partial charge is 0.492 e. The first kappa shape index (κ1) is 15.4. The summed E-state index contributed by atoms with van der Waals surface area (Å²) < 4.78 is 5.63. The van der Waals surface area contributed by atoms with Gasteiger partial charge in [0, 0.05) is 7.05 Å². The maximum absolute atomic E-state index is 12.3. The summed E-state index contributed by atoms with van der Waals surface area (Å²) in [7, 11) is 1.80. The van der Waals surface area contributed by atoms with Gasteiger partial charge in [0.1, 0.15) is 12.4 Å². The fraction of sp³-hybridized carbons (Fsp3) is 0.316. The highest BCUT2D eigenvalue weighted by Crippen LogP contribution is 2.30. The van der Waals surface area contributed by atoms with Crippen molar-refractivity contribution < 1.29 is 9.53 Å². The van der Waals surface area contributed by atoms with Gasteiger partial charge >= 0.3 is 6.03 Å². The third kappa shape index (κ3) is 3.83. The Hall–Kier alpha value is -2.49. The van der Waals surface area contributed by atoms with E-state index >= 15 is 0 Å². The smallest absolute Gasteiger partial charge is 0.317 e. The number of hydrogen-bond acceptors (Lipinski definition) is 2. The van der Waals surface area contributed by atoms with E-state index in [0.717, 1.165) is 18.6 Å². The molecular formula is C19H22N2O2. The second-order valence-electron chi connectivity index (χ2n) is 5.82. The molecule has 0 radical (unpaired) electrons. The topological polar surface area (TPSA) is 41.6 Å². The molecule has 4 heteroatoms. The van der Waals surface area contributed by atoms with E-state index in [1.54, 1.807) is 11.9 Å². The highest BCUT2D eigenvalue weighted by molar-refractivity contribution is 5.74. The molecule has 2 amide bonds. The van der Waals surface area contributed by atoms with Gasteiger partial charge in [-0.15, -0.1) is 0 Å². The van der Waals surface area contributed by atoms with Gasteiger partial charge in [-0.2, -0.15) is 0 Å². The predicted molar refractivity (Wildman–Crippen MR) is 90.6 cm³/mol. The molecule has 0 bridgehead atoms. The van der Waals surface area contributed by atoms with Crippen molar-refractivity contribution in [2.75, 3.05) is 20.2 Å². The zero-order valence-corrected chi connectivity index (χ0v) is 13.4. The number of amides is 2. The van der Waals surface area contributed by atoms with Crippen LogP contribution in [0.5, 0.6) is 5.75 Å². The molecule has 3 rings (SSSR count). The summed E-state index contributed by atoms with van der Waals surface area (Å²) in [5.41, 5.74) is 2.59. The summed E-state index contributed by atoms with van der Waals surface area (Å²) in [4.78, 5) is 14.0. The standard InChI is InChI=1S/C19H22N2O2/c1-21(13-14-23-16-8-3-2-4-9-16)19(22)20-18-12-11-15-7-5-6-10-17(15)18/h2-10,18H,11-14H2,1H3,(H,20,22). The number of aryl methyl sites for hydroxylation is 1. The average molecular weight is 310 g/mol. The number of fused-ring (bicyclic) bond motifs is 1. The number of benzene rings is 2. The predicted octanol–water partition coefficient (Wildman–Crippen LogP) is 3.39. The van der Waals surface area contributed by atoms with Crippen LogP contribution in [0.4, 0.5) is 4.79 Å². The molecule has 0 saturated heterocycles. The molecule has 1 aliphatic carbocycles. The van der Waals surface area contributed by atoms with E-state index in [1.807, 2.05) is 36.4 Å². The first-order chi connectivity index (χ1) is 11.2. The molecule has 1 N–H and O–H groups in total.